The van der Waals surface area contributed by atoms with Crippen LogP contribution in [-0.2, 0) is 4.74 Å². The number of carbonyl (C=O) groups is 3. The van der Waals surface area contributed by atoms with Gasteiger partial charge in [-0.1, -0.05) is 18.2 Å². The number of rotatable bonds is 8. The number of amides is 2. The van der Waals surface area contributed by atoms with E-state index in [0.717, 1.165) is 6.07 Å². The number of para-hydroxylation sites is 1. The number of aromatic carboxylic acids is 2. The molecular weight excluding hydrogens is 496 g/mol. The second-order valence-corrected chi connectivity index (χ2v) is 8.41. The summed E-state index contributed by atoms with van der Waals surface area (Å²) in [5.41, 5.74) is 1.10. The average Bonchev–Trinajstić information content (AvgIpc) is 3.55. The normalized spacial score (nSPS) is 16.7. The van der Waals surface area contributed by atoms with Crippen molar-refractivity contribution < 1.29 is 34.1 Å². The van der Waals surface area contributed by atoms with E-state index in [2.05, 4.69) is 25.6 Å². The van der Waals surface area contributed by atoms with E-state index in [9.17, 15) is 19.5 Å². The van der Waals surface area contributed by atoms with Gasteiger partial charge in [-0.2, -0.15) is 0 Å². The van der Waals surface area contributed by atoms with Crippen molar-refractivity contribution in [3.8, 4) is 5.75 Å². The molecule has 2 amide bonds. The monoisotopic (exact) mass is 518 g/mol. The number of aromatic nitrogens is 4. The van der Waals surface area contributed by atoms with Crippen LogP contribution in [-0.4, -0.2) is 60.4 Å². The molecule has 2 unspecified atom stereocenters. The molecule has 3 heterocycles. The first-order valence-corrected chi connectivity index (χ1v) is 11.6. The third-order valence-corrected chi connectivity index (χ3v) is 5.90. The first kappa shape index (κ1) is 24.6. The number of benzene rings is 2. The van der Waals surface area contributed by atoms with E-state index in [1.54, 1.807) is 35.2 Å². The van der Waals surface area contributed by atoms with Crippen molar-refractivity contribution in [2.45, 2.75) is 25.2 Å². The number of carboxylic acids is 2. The van der Waals surface area contributed by atoms with Crippen LogP contribution in [0.5, 0.6) is 5.75 Å². The van der Waals surface area contributed by atoms with Gasteiger partial charge >= 0.3 is 18.0 Å². The Bertz CT molecular complexity index is 1510. The molecule has 1 fully saturated rings. The quantitative estimate of drug-likeness (QED) is 0.269. The number of ether oxygens (including phenoxy) is 2. The number of hydrogen-bond acceptors (Lipinski definition) is 8. The minimum Gasteiger partial charge on any atom is -0.490 e. The minimum absolute atomic E-state index is 0.0554. The summed E-state index contributed by atoms with van der Waals surface area (Å²) >= 11 is 0. The standard InChI is InChI=1S/C25H22N6O7/c32-23(33)14-6-8-18(17(10-14)24(34)35)37-11-16-7-9-19(38-16)31-13-28-20-21(26-12-27-22(20)31)30-25(36)29-15-4-2-1-3-5-15/h1-6,8,10,12-13,16,19H,7,9,11H2,(H,32,33)(H,34,35)(H2,26,27,29,30,36). The summed E-state index contributed by atoms with van der Waals surface area (Å²) in [5.74, 6) is -2.22. The highest BCUT2D eigenvalue weighted by molar-refractivity contribution is 6.03. The van der Waals surface area contributed by atoms with Gasteiger partial charge in [0.25, 0.3) is 0 Å². The molecule has 4 N–H and O–H groups in total. The molecule has 4 aromatic rings. The van der Waals surface area contributed by atoms with E-state index in [-0.39, 0.29) is 35.4 Å². The van der Waals surface area contributed by atoms with Gasteiger partial charge in [-0.3, -0.25) is 9.88 Å². The Balaban J connectivity index is 1.24. The maximum atomic E-state index is 12.4. The third kappa shape index (κ3) is 5.22. The first-order valence-electron chi connectivity index (χ1n) is 11.6. The summed E-state index contributed by atoms with van der Waals surface area (Å²) in [6.45, 7) is 0.0667. The van der Waals surface area contributed by atoms with Gasteiger partial charge in [-0.15, -0.1) is 0 Å². The van der Waals surface area contributed by atoms with E-state index >= 15 is 0 Å². The van der Waals surface area contributed by atoms with E-state index in [1.165, 1.54) is 18.5 Å². The lowest BCUT2D eigenvalue weighted by Crippen LogP contribution is -2.20. The van der Waals surface area contributed by atoms with Crippen molar-refractivity contribution in [1.82, 2.24) is 19.5 Å². The third-order valence-electron chi connectivity index (χ3n) is 5.90. The molecule has 2 aromatic carbocycles. The average molecular weight is 518 g/mol. The lowest BCUT2D eigenvalue weighted by molar-refractivity contribution is -0.0160. The van der Waals surface area contributed by atoms with Crippen LogP contribution < -0.4 is 15.4 Å². The van der Waals surface area contributed by atoms with Crippen LogP contribution in [0.4, 0.5) is 16.3 Å². The van der Waals surface area contributed by atoms with Gasteiger partial charge in [-0.25, -0.2) is 29.3 Å². The maximum absolute atomic E-state index is 12.4. The van der Waals surface area contributed by atoms with Gasteiger partial charge in [0, 0.05) is 5.69 Å². The number of nitrogens with zero attached hydrogens (tertiary/aromatic N) is 4. The number of imidazole rings is 1. The zero-order valence-corrected chi connectivity index (χ0v) is 19.8. The summed E-state index contributed by atoms with van der Waals surface area (Å²) in [6.07, 6.45) is 3.35. The largest absolute Gasteiger partial charge is 0.490 e. The molecule has 5 rings (SSSR count). The molecule has 0 saturated carbocycles. The van der Waals surface area contributed by atoms with E-state index < -0.39 is 24.2 Å². The molecule has 13 nitrogen and oxygen atoms in total. The van der Waals surface area contributed by atoms with Crippen molar-refractivity contribution >= 4 is 40.6 Å². The summed E-state index contributed by atoms with van der Waals surface area (Å²) in [6, 6.07) is 12.2. The molecule has 1 aliphatic rings. The molecule has 0 bridgehead atoms. The molecule has 2 atom stereocenters. The molecule has 38 heavy (non-hydrogen) atoms. The second-order valence-electron chi connectivity index (χ2n) is 8.41. The number of carboxylic acid groups (broad SMARTS) is 2. The Labute approximate surface area is 215 Å². The predicted molar refractivity (Wildman–Crippen MR) is 133 cm³/mol. The molecule has 194 valence electrons. The number of fused-ring (bicyclic) bond motifs is 1. The fraction of sp³-hybridized carbons (Fsp3) is 0.200. The molecular formula is C25H22N6O7. The van der Waals surface area contributed by atoms with Crippen molar-refractivity contribution in [1.29, 1.82) is 0 Å². The van der Waals surface area contributed by atoms with Crippen LogP contribution >= 0.6 is 0 Å². The minimum atomic E-state index is -1.29. The Morgan fingerprint density at radius 1 is 1.00 bits per heavy atom. The highest BCUT2D eigenvalue weighted by Gasteiger charge is 2.29. The number of nitrogens with one attached hydrogen (secondary N) is 2. The predicted octanol–water partition coefficient (Wildman–Crippen LogP) is 3.62. The van der Waals surface area contributed by atoms with Crippen LogP contribution in [0.15, 0.2) is 61.2 Å². The number of urea groups is 1. The SMILES string of the molecule is O=C(Nc1ccccc1)Nc1ncnc2c1ncn2C1CCC(COc2ccc(C(=O)O)cc2C(=O)O)O1. The zero-order chi connectivity index (χ0) is 26.6. The van der Waals surface area contributed by atoms with E-state index in [0.29, 0.717) is 29.7 Å². The molecule has 13 heteroatoms. The van der Waals surface area contributed by atoms with Crippen molar-refractivity contribution in [3.05, 3.63) is 72.3 Å². The summed E-state index contributed by atoms with van der Waals surface area (Å²) < 4.78 is 13.5. The first-order chi connectivity index (χ1) is 18.4. The van der Waals surface area contributed by atoms with Gasteiger partial charge in [0.05, 0.1) is 18.0 Å². The zero-order valence-electron chi connectivity index (χ0n) is 19.8. The van der Waals surface area contributed by atoms with Crippen LogP contribution in [0.2, 0.25) is 0 Å². The van der Waals surface area contributed by atoms with Crippen molar-refractivity contribution in [3.63, 3.8) is 0 Å². The Morgan fingerprint density at radius 2 is 1.82 bits per heavy atom. The number of hydrogen-bond donors (Lipinski definition) is 4. The molecule has 0 spiro atoms. The summed E-state index contributed by atoms with van der Waals surface area (Å²) in [5, 5.41) is 23.9. The van der Waals surface area contributed by atoms with Gasteiger partial charge in [0.1, 0.15) is 30.5 Å². The molecule has 1 aliphatic heterocycles. The number of carbonyl (C=O) groups excluding carboxylic acids is 1. The van der Waals surface area contributed by atoms with Crippen LogP contribution in [0, 0.1) is 0 Å². The lowest BCUT2D eigenvalue weighted by atomic mass is 10.1. The van der Waals surface area contributed by atoms with E-state index in [1.807, 2.05) is 6.07 Å². The maximum Gasteiger partial charge on any atom is 0.339 e. The van der Waals surface area contributed by atoms with Crippen LogP contribution in [0.3, 0.4) is 0 Å². The second kappa shape index (κ2) is 10.5. The molecule has 0 aliphatic carbocycles. The van der Waals surface area contributed by atoms with Gasteiger partial charge in [0.2, 0.25) is 0 Å². The Kier molecular flexibility index (Phi) is 6.82. The Hall–Kier alpha value is -5.04. The van der Waals surface area contributed by atoms with Gasteiger partial charge in [0.15, 0.2) is 17.0 Å². The fourth-order valence-electron chi connectivity index (χ4n) is 4.10. The fourth-order valence-corrected chi connectivity index (χ4v) is 4.10. The van der Waals surface area contributed by atoms with Crippen molar-refractivity contribution in [2.75, 3.05) is 17.2 Å². The summed E-state index contributed by atoms with van der Waals surface area (Å²) in [4.78, 5) is 47.9. The summed E-state index contributed by atoms with van der Waals surface area (Å²) in [7, 11) is 0. The molecule has 0 radical (unpaired) electrons. The van der Waals surface area contributed by atoms with Crippen LogP contribution in [0.25, 0.3) is 11.2 Å². The van der Waals surface area contributed by atoms with Gasteiger partial charge < -0.3 is 25.0 Å². The van der Waals surface area contributed by atoms with Gasteiger partial charge in [-0.05, 0) is 43.2 Å². The van der Waals surface area contributed by atoms with E-state index in [4.69, 9.17) is 14.6 Å². The highest BCUT2D eigenvalue weighted by Crippen LogP contribution is 2.32. The van der Waals surface area contributed by atoms with Crippen LogP contribution in [0.1, 0.15) is 39.8 Å². The van der Waals surface area contributed by atoms with Crippen molar-refractivity contribution in [2.24, 2.45) is 0 Å². The highest BCUT2D eigenvalue weighted by atomic mass is 16.6. The number of anilines is 2. The topological polar surface area (TPSA) is 178 Å². The smallest absolute Gasteiger partial charge is 0.339 e. The molecule has 2 aromatic heterocycles. The lowest BCUT2D eigenvalue weighted by Gasteiger charge is -2.17. The Morgan fingerprint density at radius 3 is 2.58 bits per heavy atom. The molecule has 1 saturated heterocycles.